The van der Waals surface area contributed by atoms with E-state index in [1.807, 2.05) is 111 Å². The van der Waals surface area contributed by atoms with Gasteiger partial charge in [0.25, 0.3) is 10.1 Å². The maximum atomic E-state index is 11.3. The van der Waals surface area contributed by atoms with Crippen molar-refractivity contribution in [3.8, 4) is 0 Å². The van der Waals surface area contributed by atoms with Crippen LogP contribution >= 0.6 is 0 Å². The highest BCUT2D eigenvalue weighted by molar-refractivity contribution is 7.87. The summed E-state index contributed by atoms with van der Waals surface area (Å²) in [6.45, 7) is 42.3. The number of carbonyl (C=O) groups excluding carboxylic acids is 1. The van der Waals surface area contributed by atoms with Gasteiger partial charge in [0, 0.05) is 74.0 Å². The minimum Gasteiger partial charge on any atom is -0.459 e. The maximum Gasteiger partial charge on any atom is 0.312 e. The molecule has 18 heteroatoms. The number of ether oxygens (including phenoxy) is 13. The van der Waals surface area contributed by atoms with Crippen LogP contribution in [0.5, 0.6) is 0 Å². The Hall–Kier alpha value is -1.10. The van der Waals surface area contributed by atoms with Crippen molar-refractivity contribution < 1.29 is 79.0 Å². The fourth-order valence-electron chi connectivity index (χ4n) is 26.2. The number of fused-ring (bicyclic) bond motifs is 6. The molecule has 17 nitrogen and oxygen atoms in total. The third-order valence-corrected chi connectivity index (χ3v) is 32.4. The van der Waals surface area contributed by atoms with Gasteiger partial charge in [-0.3, -0.25) is 8.98 Å². The van der Waals surface area contributed by atoms with Crippen molar-refractivity contribution in [3.05, 3.63) is 0 Å². The summed E-state index contributed by atoms with van der Waals surface area (Å²) in [7, 11) is -3.13. The lowest BCUT2D eigenvalue weighted by atomic mass is 9.53. The van der Waals surface area contributed by atoms with Gasteiger partial charge >= 0.3 is 5.97 Å². The summed E-state index contributed by atoms with van der Waals surface area (Å²) >= 11 is 0. The second-order valence-electron chi connectivity index (χ2n) is 37.2. The molecular weight excluding hydrogens is 1490 g/mol. The van der Waals surface area contributed by atoms with E-state index >= 15 is 0 Å². The lowest BCUT2D eigenvalue weighted by Crippen LogP contribution is -2.60. The lowest BCUT2D eigenvalue weighted by molar-refractivity contribution is -0.342. The van der Waals surface area contributed by atoms with Crippen molar-refractivity contribution in [3.63, 3.8) is 0 Å². The van der Waals surface area contributed by atoms with E-state index in [4.69, 9.17) is 65.8 Å². The van der Waals surface area contributed by atoms with Gasteiger partial charge in [0.15, 0.2) is 28.9 Å². The van der Waals surface area contributed by atoms with Crippen LogP contribution in [0, 0.1) is 94.7 Å². The summed E-state index contributed by atoms with van der Waals surface area (Å²) in [4.78, 5) is 11.0. The minimum atomic E-state index is -3.13. The van der Waals surface area contributed by atoms with E-state index in [-0.39, 0.29) is 64.4 Å². The van der Waals surface area contributed by atoms with Gasteiger partial charge in [-0.15, -0.1) is 0 Å². The zero-order chi connectivity index (χ0) is 84.1. The first-order valence-electron chi connectivity index (χ1n) is 51.2. The molecule has 0 aromatic rings. The average Bonchev–Trinajstić information content (AvgIpc) is 1.73. The number of rotatable bonds is 0. The first-order chi connectivity index (χ1) is 57.4. The molecule has 0 aromatic heterocycles. The molecule has 16 aliphatic carbocycles. The van der Waals surface area contributed by atoms with Crippen LogP contribution in [-0.2, 0) is 80.7 Å². The molecule has 16 saturated carbocycles. The summed E-state index contributed by atoms with van der Waals surface area (Å²) in [5.41, 5.74) is 0. The van der Waals surface area contributed by atoms with E-state index in [0.29, 0.717) is 24.0 Å². The third kappa shape index (κ3) is 24.6. The summed E-state index contributed by atoms with van der Waals surface area (Å²) in [6, 6.07) is 0. The first-order valence-corrected chi connectivity index (χ1v) is 52.7. The Balaban J connectivity index is 0.000000150. The van der Waals surface area contributed by atoms with E-state index < -0.39 is 10.1 Å². The summed E-state index contributed by atoms with van der Waals surface area (Å²) in [6.07, 6.45) is 56.6. The average molecular weight is 1670 g/mol. The van der Waals surface area contributed by atoms with Crippen LogP contribution in [0.3, 0.4) is 0 Å². The molecule has 5 spiro atoms. The Morgan fingerprint density at radius 2 is 0.684 bits per heavy atom. The maximum absolute atomic E-state index is 11.3. The summed E-state index contributed by atoms with van der Waals surface area (Å²) < 4.78 is 104. The molecule has 684 valence electrons. The smallest absolute Gasteiger partial charge is 0.312 e. The normalized spacial score (nSPS) is 40.1. The Bertz CT molecular complexity index is 2700. The zero-order valence-electron chi connectivity index (χ0n) is 77.9. The predicted octanol–water partition coefficient (Wildman–Crippen LogP) is 24.2. The highest BCUT2D eigenvalue weighted by Crippen LogP contribution is 2.63. The Labute approximate surface area is 716 Å². The Morgan fingerprint density at radius 1 is 0.316 bits per heavy atom. The predicted molar refractivity (Wildman–Crippen MR) is 469 cm³/mol. The molecule has 26 fully saturated rings. The van der Waals surface area contributed by atoms with Gasteiger partial charge in [-0.1, -0.05) is 124 Å². The zero-order valence-corrected chi connectivity index (χ0v) is 78.8. The molecule has 117 heavy (non-hydrogen) atoms. The van der Waals surface area contributed by atoms with Gasteiger partial charge in [0.05, 0.1) is 102 Å². The Kier molecular flexibility index (Phi) is 42.5. The molecule has 26 rings (SSSR count). The van der Waals surface area contributed by atoms with Crippen molar-refractivity contribution in [2.75, 3.05) is 72.7 Å². The topological polar surface area (TPSA) is 180 Å². The van der Waals surface area contributed by atoms with Crippen LogP contribution in [0.1, 0.15) is 393 Å². The lowest BCUT2D eigenvalue weighted by Gasteiger charge is -2.60. The standard InChI is InChI=1S/C15H24O2.C14H22O2.C11H18O2.C11H20O2.C10H18O2.C8H12O.C7H10O3S.C7H8O3.8C2H6/c1-2-4-16-15(17-5-3-1)13-7-11-6-12(9-13)10-14(15)8-11;1-2-4-16-14(15-3-1)12-6-10-5-11(8-12)9-13(14)7-10;1-2-6-13-11(12-5-1)8-9-3-4-10(11)7-9;1-3-7-11(8-4-1)12-9-5-2-6-10-13-11;1-2-6-10(7-3-1)11-8-4-5-9-12-10;1-5-2-7-6(1)4-9-8(7)3-5;8-11(9)7-3-4-1-5(7)6(2-4)10-11;8-7-4-1-3-2-5(10-7)6(4)9-3;8*1-2/h11-14H,1-10H2;10-13H,1-9H2;9-10H,1-8H2;1-10H2;1-9H2;5-8H,1-4H2;4-7H,1-3H2;3-6H,1-2H2;8*1-2H3. The minimum absolute atomic E-state index is 0.0324. The molecule has 10 heterocycles. The van der Waals surface area contributed by atoms with Gasteiger partial charge in [-0.05, 0) is 284 Å². The molecule has 0 N–H and O–H groups in total. The fraction of sp³-hybridized carbons (Fsp3) is 0.990. The highest BCUT2D eigenvalue weighted by Gasteiger charge is 2.63. The molecular formula is C99H180O17S. The molecule has 10 saturated heterocycles. The molecule has 0 amide bonds. The van der Waals surface area contributed by atoms with Crippen LogP contribution in [0.25, 0.3) is 0 Å². The van der Waals surface area contributed by atoms with Crippen LogP contribution in [-0.4, -0.2) is 152 Å². The van der Waals surface area contributed by atoms with Gasteiger partial charge in [-0.2, -0.15) is 8.42 Å². The number of carbonyl (C=O) groups is 1. The largest absolute Gasteiger partial charge is 0.459 e. The summed E-state index contributed by atoms with van der Waals surface area (Å²) in [5, 5.41) is -0.133. The van der Waals surface area contributed by atoms with Crippen LogP contribution in [0.2, 0.25) is 0 Å². The van der Waals surface area contributed by atoms with Crippen molar-refractivity contribution in [1.29, 1.82) is 0 Å². The van der Waals surface area contributed by atoms with Crippen molar-refractivity contribution in [1.82, 2.24) is 0 Å². The molecule has 10 aliphatic heterocycles. The monoisotopic (exact) mass is 1670 g/mol. The van der Waals surface area contributed by atoms with Gasteiger partial charge in [0.2, 0.25) is 0 Å². The highest BCUT2D eigenvalue weighted by atomic mass is 32.2. The van der Waals surface area contributed by atoms with Crippen LogP contribution < -0.4 is 0 Å². The van der Waals surface area contributed by atoms with Crippen LogP contribution in [0.15, 0.2) is 0 Å². The van der Waals surface area contributed by atoms with E-state index in [0.717, 1.165) is 207 Å². The number of hydrogen-bond donors (Lipinski definition) is 0. The Morgan fingerprint density at radius 3 is 1.03 bits per heavy atom. The second-order valence-corrected chi connectivity index (χ2v) is 38.9. The van der Waals surface area contributed by atoms with Crippen molar-refractivity contribution in [2.45, 2.75) is 458 Å². The van der Waals surface area contributed by atoms with Crippen LogP contribution in [0.4, 0.5) is 0 Å². The second kappa shape index (κ2) is 49.9. The quantitative estimate of drug-likeness (QED) is 0.165. The first kappa shape index (κ1) is 99.7. The molecule has 26 aliphatic rings. The number of hydrogen-bond acceptors (Lipinski definition) is 17. The molecule has 16 bridgehead atoms. The summed E-state index contributed by atoms with van der Waals surface area (Å²) in [5.74, 6) is 11.9. The van der Waals surface area contributed by atoms with E-state index in [1.54, 1.807) is 0 Å². The van der Waals surface area contributed by atoms with Gasteiger partial charge < -0.3 is 61.6 Å². The fourth-order valence-corrected chi connectivity index (χ4v) is 28.2. The molecule has 0 aromatic carbocycles. The third-order valence-electron chi connectivity index (χ3n) is 30.6. The number of esters is 1. The van der Waals surface area contributed by atoms with Crippen molar-refractivity contribution in [2.24, 2.45) is 94.7 Å². The molecule has 14 unspecified atom stereocenters. The SMILES string of the molecule is C1CCC2(CC1)OCCCCO2.C1CCOC2(CC3CCC2C3)OC1.C1CCOC2(CCCCC2)OCC1.C1CCOC2(OC1)C1CC3CC(C1)CC2C3.C1CCOC2(OCC1)C1CC3CC(C1)CC2C3.C1OC2CC3CC1C2C3.CC.CC.CC.CC.CC.CC.CC.CC.O=C1OC2CC3CC1C2O3.O=S1(=O)OC2CC3CC2C1C3. The molecule has 14 atom stereocenters. The molecule has 0 radical (unpaired) electrons. The van der Waals surface area contributed by atoms with E-state index in [2.05, 4.69) is 0 Å². The van der Waals surface area contributed by atoms with Crippen molar-refractivity contribution >= 4 is 16.1 Å². The van der Waals surface area contributed by atoms with Gasteiger partial charge in [-0.25, -0.2) is 0 Å². The van der Waals surface area contributed by atoms with E-state index in [9.17, 15) is 13.2 Å². The van der Waals surface area contributed by atoms with E-state index in [1.165, 1.54) is 225 Å². The van der Waals surface area contributed by atoms with Gasteiger partial charge in [0.1, 0.15) is 12.2 Å².